The van der Waals surface area contributed by atoms with E-state index in [0.717, 1.165) is 0 Å². The van der Waals surface area contributed by atoms with Crippen LogP contribution in [0.1, 0.15) is 13.3 Å². The topological polar surface area (TPSA) is 32.3 Å². The predicted octanol–water partition coefficient (Wildman–Crippen LogP) is 0.909. The zero-order valence-corrected chi connectivity index (χ0v) is 6.78. The van der Waals surface area contributed by atoms with E-state index in [0.29, 0.717) is 0 Å². The smallest absolute Gasteiger partial charge is 0.380 e. The summed E-state index contributed by atoms with van der Waals surface area (Å²) >= 11 is 0. The van der Waals surface area contributed by atoms with Crippen molar-refractivity contribution in [2.75, 3.05) is 13.1 Å². The van der Waals surface area contributed by atoms with Gasteiger partial charge in [0, 0.05) is 12.5 Å². The molecule has 0 unspecified atom stereocenters. The third-order valence-electron chi connectivity index (χ3n) is 2.44. The van der Waals surface area contributed by atoms with Crippen LogP contribution in [-0.2, 0) is 0 Å². The zero-order valence-electron chi connectivity index (χ0n) is 6.78. The maximum Gasteiger partial charge on any atom is 0.417 e. The molecule has 12 heavy (non-hydrogen) atoms. The molecule has 2 nitrogen and oxygen atoms in total. The highest BCUT2D eigenvalue weighted by molar-refractivity contribution is 4.95. The van der Waals surface area contributed by atoms with Gasteiger partial charge in [0.05, 0.1) is 0 Å². The zero-order chi connectivity index (χ0) is 9.41. The van der Waals surface area contributed by atoms with E-state index in [9.17, 15) is 18.3 Å². The molecule has 0 aromatic heterocycles. The highest BCUT2D eigenvalue weighted by atomic mass is 19.4. The van der Waals surface area contributed by atoms with Crippen molar-refractivity contribution in [3.63, 3.8) is 0 Å². The molecule has 1 aliphatic rings. The Morgan fingerprint density at radius 2 is 2.08 bits per heavy atom. The number of halogens is 3. The van der Waals surface area contributed by atoms with Crippen molar-refractivity contribution in [3.8, 4) is 0 Å². The summed E-state index contributed by atoms with van der Waals surface area (Å²) in [6.07, 6.45) is -4.76. The van der Waals surface area contributed by atoms with Gasteiger partial charge in [-0.25, -0.2) is 0 Å². The van der Waals surface area contributed by atoms with Gasteiger partial charge in [-0.1, -0.05) is 6.92 Å². The van der Waals surface area contributed by atoms with Gasteiger partial charge in [-0.2, -0.15) is 13.2 Å². The average Bonchev–Trinajstić information content (AvgIpc) is 1.93. The largest absolute Gasteiger partial charge is 0.417 e. The van der Waals surface area contributed by atoms with Crippen molar-refractivity contribution in [3.05, 3.63) is 0 Å². The lowest BCUT2D eigenvalue weighted by Gasteiger charge is -2.39. The van der Waals surface area contributed by atoms with Crippen molar-refractivity contribution in [1.29, 1.82) is 0 Å². The second-order valence-electron chi connectivity index (χ2n) is 3.28. The lowest BCUT2D eigenvalue weighted by molar-refractivity contribution is -0.283. The number of nitrogens with one attached hydrogen (secondary N) is 1. The highest BCUT2D eigenvalue weighted by Crippen LogP contribution is 2.39. The van der Waals surface area contributed by atoms with Gasteiger partial charge in [0.15, 0.2) is 5.60 Å². The van der Waals surface area contributed by atoms with E-state index in [-0.39, 0.29) is 19.5 Å². The number of hydrogen-bond acceptors (Lipinski definition) is 2. The molecule has 1 aliphatic heterocycles. The number of alkyl halides is 3. The highest BCUT2D eigenvalue weighted by Gasteiger charge is 2.57. The van der Waals surface area contributed by atoms with Crippen LogP contribution in [0.5, 0.6) is 0 Å². The van der Waals surface area contributed by atoms with Gasteiger partial charge in [-0.15, -0.1) is 0 Å². The average molecular weight is 183 g/mol. The molecule has 0 amide bonds. The van der Waals surface area contributed by atoms with Crippen LogP contribution in [0.25, 0.3) is 0 Å². The summed E-state index contributed by atoms with van der Waals surface area (Å²) in [5.41, 5.74) is -2.49. The molecule has 0 aromatic rings. The second kappa shape index (κ2) is 2.88. The Labute approximate surface area is 68.8 Å². The molecule has 0 saturated carbocycles. The Bertz CT molecular complexity index is 171. The lowest BCUT2D eigenvalue weighted by atomic mass is 9.82. The van der Waals surface area contributed by atoms with Crippen LogP contribution in [0.15, 0.2) is 0 Å². The van der Waals surface area contributed by atoms with Crippen molar-refractivity contribution >= 4 is 0 Å². The van der Waals surface area contributed by atoms with Gasteiger partial charge in [0.2, 0.25) is 0 Å². The molecule has 5 heteroatoms. The summed E-state index contributed by atoms with van der Waals surface area (Å²) in [4.78, 5) is 0. The number of hydrogen-bond donors (Lipinski definition) is 2. The maximum atomic E-state index is 12.3. The van der Waals surface area contributed by atoms with E-state index in [1.807, 2.05) is 0 Å². The summed E-state index contributed by atoms with van der Waals surface area (Å²) in [5, 5.41) is 12.1. The molecule has 0 spiro atoms. The molecule has 1 heterocycles. The van der Waals surface area contributed by atoms with Gasteiger partial charge >= 0.3 is 6.18 Å². The molecule has 2 N–H and O–H groups in total. The normalized spacial score (nSPS) is 38.2. The Morgan fingerprint density at radius 3 is 2.42 bits per heavy atom. The summed E-state index contributed by atoms with van der Waals surface area (Å²) in [6.45, 7) is 1.84. The van der Waals surface area contributed by atoms with E-state index >= 15 is 0 Å². The van der Waals surface area contributed by atoms with E-state index < -0.39 is 17.7 Å². The van der Waals surface area contributed by atoms with Crippen LogP contribution >= 0.6 is 0 Å². The predicted molar refractivity (Wildman–Crippen MR) is 37.7 cm³/mol. The molecular weight excluding hydrogens is 171 g/mol. The van der Waals surface area contributed by atoms with E-state index in [1.54, 1.807) is 0 Å². The van der Waals surface area contributed by atoms with Gasteiger partial charge < -0.3 is 10.4 Å². The first-order valence-electron chi connectivity index (χ1n) is 3.88. The van der Waals surface area contributed by atoms with E-state index in [4.69, 9.17) is 0 Å². The summed E-state index contributed by atoms with van der Waals surface area (Å²) in [5.74, 6) is -0.772. The van der Waals surface area contributed by atoms with Crippen molar-refractivity contribution in [2.24, 2.45) is 5.92 Å². The van der Waals surface area contributed by atoms with Crippen LogP contribution in [0, 0.1) is 5.92 Å². The molecule has 72 valence electrons. The summed E-state index contributed by atoms with van der Waals surface area (Å²) < 4.78 is 36.9. The van der Waals surface area contributed by atoms with Gasteiger partial charge in [-0.3, -0.25) is 0 Å². The summed E-state index contributed by atoms with van der Waals surface area (Å²) in [7, 11) is 0. The molecule has 1 rings (SSSR count). The monoisotopic (exact) mass is 183 g/mol. The van der Waals surface area contributed by atoms with E-state index in [1.165, 1.54) is 6.92 Å². The lowest BCUT2D eigenvalue weighted by Crippen LogP contribution is -2.57. The van der Waals surface area contributed by atoms with Crippen LogP contribution in [0.2, 0.25) is 0 Å². The molecule has 2 atom stereocenters. The second-order valence-corrected chi connectivity index (χ2v) is 3.28. The van der Waals surface area contributed by atoms with Crippen LogP contribution in [0.3, 0.4) is 0 Å². The molecular formula is C7H12F3NO. The number of rotatable bonds is 0. The minimum absolute atomic E-state index is 0.218. The van der Waals surface area contributed by atoms with Gasteiger partial charge in [0.25, 0.3) is 0 Å². The van der Waals surface area contributed by atoms with Gasteiger partial charge in [0.1, 0.15) is 0 Å². The fourth-order valence-electron chi connectivity index (χ4n) is 1.43. The fraction of sp³-hybridized carbons (Fsp3) is 1.00. The van der Waals surface area contributed by atoms with Crippen LogP contribution in [0.4, 0.5) is 13.2 Å². The molecule has 0 aromatic carbocycles. The maximum absolute atomic E-state index is 12.3. The van der Waals surface area contributed by atoms with Crippen molar-refractivity contribution in [1.82, 2.24) is 5.32 Å². The molecule has 0 aliphatic carbocycles. The van der Waals surface area contributed by atoms with Crippen LogP contribution < -0.4 is 5.32 Å². The third kappa shape index (κ3) is 1.43. The Kier molecular flexibility index (Phi) is 2.35. The van der Waals surface area contributed by atoms with Crippen molar-refractivity contribution in [2.45, 2.75) is 25.1 Å². The first-order valence-corrected chi connectivity index (χ1v) is 3.88. The van der Waals surface area contributed by atoms with Crippen LogP contribution in [-0.4, -0.2) is 30.0 Å². The first kappa shape index (κ1) is 9.80. The Balaban J connectivity index is 2.79. The third-order valence-corrected chi connectivity index (χ3v) is 2.44. The SMILES string of the molecule is C[C@H]1CNCC[C@]1(O)C(F)(F)F. The minimum Gasteiger partial charge on any atom is -0.380 e. The number of aliphatic hydroxyl groups is 1. The first-order chi connectivity index (χ1) is 5.38. The molecule has 1 fully saturated rings. The molecule has 1 saturated heterocycles. The number of piperidine rings is 1. The Hall–Kier alpha value is -0.290. The Morgan fingerprint density at radius 1 is 1.50 bits per heavy atom. The summed E-state index contributed by atoms with van der Waals surface area (Å²) in [6, 6.07) is 0. The molecule has 0 radical (unpaired) electrons. The van der Waals surface area contributed by atoms with Gasteiger partial charge in [-0.05, 0) is 13.0 Å². The standard InChI is InChI=1S/C7H12F3NO/c1-5-4-11-3-2-6(5,12)7(8,9)10/h5,11-12H,2-4H2,1H3/t5-,6+/m0/s1. The molecule has 0 bridgehead atoms. The minimum atomic E-state index is -4.51. The fourth-order valence-corrected chi connectivity index (χ4v) is 1.43. The van der Waals surface area contributed by atoms with E-state index in [2.05, 4.69) is 5.32 Å². The quantitative estimate of drug-likeness (QED) is 0.585. The van der Waals surface area contributed by atoms with Crippen molar-refractivity contribution < 1.29 is 18.3 Å².